The second-order valence-corrected chi connectivity index (χ2v) is 4.52. The van der Waals surface area contributed by atoms with Crippen molar-refractivity contribution in [2.45, 2.75) is 11.9 Å². The van der Waals surface area contributed by atoms with Gasteiger partial charge in [0.05, 0.1) is 7.11 Å². The Kier molecular flexibility index (Phi) is 4.80. The van der Waals surface area contributed by atoms with E-state index in [2.05, 4.69) is 15.9 Å². The van der Waals surface area contributed by atoms with Gasteiger partial charge in [0, 0.05) is 16.5 Å². The molecule has 0 radical (unpaired) electrons. The van der Waals surface area contributed by atoms with Crippen LogP contribution in [0.5, 0.6) is 11.5 Å². The summed E-state index contributed by atoms with van der Waals surface area (Å²) in [6.45, 7) is 0.269. The molecule has 2 nitrogen and oxygen atoms in total. The first-order valence-electron chi connectivity index (χ1n) is 5.84. The number of benzene rings is 2. The molecule has 0 unspecified atom stereocenters. The van der Waals surface area contributed by atoms with Crippen molar-refractivity contribution in [3.05, 3.63) is 59.4 Å². The van der Waals surface area contributed by atoms with Gasteiger partial charge in [0.15, 0.2) is 11.6 Å². The molecule has 0 aromatic heterocycles. The third-order valence-corrected chi connectivity index (χ3v) is 3.36. The predicted octanol–water partition coefficient (Wildman–Crippen LogP) is 4.31. The molecule has 0 fully saturated rings. The summed E-state index contributed by atoms with van der Waals surface area (Å²) in [6.07, 6.45) is 0. The lowest BCUT2D eigenvalue weighted by molar-refractivity contribution is 0.280. The fourth-order valence-electron chi connectivity index (χ4n) is 1.79. The fraction of sp³-hybridized carbons (Fsp3) is 0.200. The number of halogens is 2. The molecule has 0 aliphatic heterocycles. The number of alkyl halides is 1. The Morgan fingerprint density at radius 1 is 1.05 bits per heavy atom. The Labute approximate surface area is 120 Å². The van der Waals surface area contributed by atoms with Gasteiger partial charge in [-0.25, -0.2) is 4.39 Å². The van der Waals surface area contributed by atoms with Gasteiger partial charge < -0.3 is 9.47 Å². The van der Waals surface area contributed by atoms with Crippen LogP contribution < -0.4 is 9.47 Å². The van der Waals surface area contributed by atoms with Crippen LogP contribution in [0.2, 0.25) is 0 Å². The lowest BCUT2D eigenvalue weighted by atomic mass is 10.2. The van der Waals surface area contributed by atoms with E-state index in [0.29, 0.717) is 5.33 Å². The third kappa shape index (κ3) is 3.26. The third-order valence-electron chi connectivity index (χ3n) is 2.76. The second-order valence-electron chi connectivity index (χ2n) is 3.96. The van der Waals surface area contributed by atoms with E-state index < -0.39 is 0 Å². The van der Waals surface area contributed by atoms with Gasteiger partial charge in [0.25, 0.3) is 0 Å². The molecule has 0 bridgehead atoms. The fourth-order valence-corrected chi connectivity index (χ4v) is 2.23. The molecule has 0 atom stereocenters. The summed E-state index contributed by atoms with van der Waals surface area (Å²) in [5, 5.41) is 0.548. The van der Waals surface area contributed by atoms with Crippen LogP contribution in [-0.4, -0.2) is 7.11 Å². The van der Waals surface area contributed by atoms with Gasteiger partial charge in [-0.1, -0.05) is 46.3 Å². The molecule has 0 saturated carbocycles. The molecule has 4 heteroatoms. The first-order chi connectivity index (χ1) is 9.26. The van der Waals surface area contributed by atoms with Crippen LogP contribution in [0.25, 0.3) is 0 Å². The lowest BCUT2D eigenvalue weighted by Gasteiger charge is -2.13. The highest BCUT2D eigenvalue weighted by Gasteiger charge is 2.10. The summed E-state index contributed by atoms with van der Waals surface area (Å²) >= 11 is 3.33. The van der Waals surface area contributed by atoms with Crippen molar-refractivity contribution in [1.82, 2.24) is 0 Å². The van der Waals surface area contributed by atoms with Crippen LogP contribution >= 0.6 is 15.9 Å². The molecule has 0 saturated heterocycles. The van der Waals surface area contributed by atoms with Crippen LogP contribution in [0.15, 0.2) is 42.5 Å². The zero-order valence-electron chi connectivity index (χ0n) is 10.5. The summed E-state index contributed by atoms with van der Waals surface area (Å²) < 4.78 is 24.6. The Bertz CT molecular complexity index is 558. The smallest absolute Gasteiger partial charge is 0.165 e. The number of hydrogen-bond donors (Lipinski definition) is 0. The molecule has 19 heavy (non-hydrogen) atoms. The van der Waals surface area contributed by atoms with E-state index in [1.807, 2.05) is 30.3 Å². The maximum Gasteiger partial charge on any atom is 0.165 e. The Morgan fingerprint density at radius 2 is 1.79 bits per heavy atom. The normalized spacial score (nSPS) is 10.3. The van der Waals surface area contributed by atoms with Crippen molar-refractivity contribution in [3.8, 4) is 11.5 Å². The minimum atomic E-state index is -0.355. The highest BCUT2D eigenvalue weighted by molar-refractivity contribution is 9.08. The van der Waals surface area contributed by atoms with Crippen LogP contribution in [0.4, 0.5) is 4.39 Å². The van der Waals surface area contributed by atoms with Crippen molar-refractivity contribution < 1.29 is 13.9 Å². The Balaban J connectivity index is 2.19. The number of para-hydroxylation sites is 2. The van der Waals surface area contributed by atoms with E-state index >= 15 is 0 Å². The molecular formula is C15H14BrFO2. The molecule has 0 spiro atoms. The maximum atomic E-state index is 13.7. The maximum absolute atomic E-state index is 13.7. The highest BCUT2D eigenvalue weighted by atomic mass is 79.9. The quantitative estimate of drug-likeness (QED) is 0.763. The average molecular weight is 325 g/mol. The topological polar surface area (TPSA) is 18.5 Å². The molecule has 0 N–H and O–H groups in total. The lowest BCUT2D eigenvalue weighted by Crippen LogP contribution is -2.02. The van der Waals surface area contributed by atoms with Gasteiger partial charge in [0.1, 0.15) is 12.4 Å². The van der Waals surface area contributed by atoms with Crippen molar-refractivity contribution >= 4 is 15.9 Å². The number of rotatable bonds is 5. The van der Waals surface area contributed by atoms with E-state index in [1.165, 1.54) is 6.07 Å². The minimum absolute atomic E-state index is 0.269. The van der Waals surface area contributed by atoms with Gasteiger partial charge in [-0.05, 0) is 12.1 Å². The standard InChI is InChI=1S/C15H14BrFO2/c1-18-14-8-3-2-5-12(14)10-19-15-11(9-16)6-4-7-13(15)17/h2-8H,9-10H2,1H3. The summed E-state index contributed by atoms with van der Waals surface area (Å²) in [6, 6.07) is 12.4. The van der Waals surface area contributed by atoms with Gasteiger partial charge in [-0.3, -0.25) is 0 Å². The van der Waals surface area contributed by atoms with Crippen LogP contribution in [0, 0.1) is 5.82 Å². The highest BCUT2D eigenvalue weighted by Crippen LogP contribution is 2.27. The second kappa shape index (κ2) is 6.57. The van der Waals surface area contributed by atoms with Crippen molar-refractivity contribution in [2.75, 3.05) is 7.11 Å². The van der Waals surface area contributed by atoms with Crippen LogP contribution in [0.1, 0.15) is 11.1 Å². The molecule has 0 aliphatic carbocycles. The minimum Gasteiger partial charge on any atom is -0.496 e. The first-order valence-corrected chi connectivity index (χ1v) is 6.96. The van der Waals surface area contributed by atoms with Crippen molar-refractivity contribution in [3.63, 3.8) is 0 Å². The Morgan fingerprint density at radius 3 is 2.53 bits per heavy atom. The zero-order valence-corrected chi connectivity index (χ0v) is 12.1. The molecule has 0 amide bonds. The number of hydrogen-bond acceptors (Lipinski definition) is 2. The van der Waals surface area contributed by atoms with Crippen LogP contribution in [0.3, 0.4) is 0 Å². The van der Waals surface area contributed by atoms with E-state index in [-0.39, 0.29) is 18.2 Å². The molecule has 0 heterocycles. The molecule has 0 aliphatic rings. The van der Waals surface area contributed by atoms with Gasteiger partial charge in [-0.2, -0.15) is 0 Å². The number of ether oxygens (including phenoxy) is 2. The molecule has 100 valence electrons. The molecule has 2 aromatic carbocycles. The summed E-state index contributed by atoms with van der Waals surface area (Å²) in [5.41, 5.74) is 1.67. The predicted molar refractivity (Wildman–Crippen MR) is 76.4 cm³/mol. The summed E-state index contributed by atoms with van der Waals surface area (Å²) in [5.74, 6) is 0.663. The van der Waals surface area contributed by atoms with Crippen molar-refractivity contribution in [1.29, 1.82) is 0 Å². The SMILES string of the molecule is COc1ccccc1COc1c(F)cccc1CBr. The van der Waals surface area contributed by atoms with Gasteiger partial charge >= 0.3 is 0 Å². The Hall–Kier alpha value is -1.55. The molecule has 2 aromatic rings. The van der Waals surface area contributed by atoms with E-state index in [4.69, 9.17) is 9.47 Å². The van der Waals surface area contributed by atoms with Crippen LogP contribution in [-0.2, 0) is 11.9 Å². The van der Waals surface area contributed by atoms with E-state index in [0.717, 1.165) is 16.9 Å². The van der Waals surface area contributed by atoms with Crippen molar-refractivity contribution in [2.24, 2.45) is 0 Å². The van der Waals surface area contributed by atoms with Gasteiger partial charge in [0.2, 0.25) is 0 Å². The van der Waals surface area contributed by atoms with E-state index in [9.17, 15) is 4.39 Å². The zero-order chi connectivity index (χ0) is 13.7. The largest absolute Gasteiger partial charge is 0.496 e. The first kappa shape index (κ1) is 13.9. The summed E-state index contributed by atoms with van der Waals surface area (Å²) in [7, 11) is 1.60. The van der Waals surface area contributed by atoms with Gasteiger partial charge in [-0.15, -0.1) is 0 Å². The average Bonchev–Trinajstić information content (AvgIpc) is 2.46. The molecular weight excluding hydrogens is 311 g/mol. The molecule has 2 rings (SSSR count). The summed E-state index contributed by atoms with van der Waals surface area (Å²) in [4.78, 5) is 0. The van der Waals surface area contributed by atoms with E-state index in [1.54, 1.807) is 13.2 Å². The monoisotopic (exact) mass is 324 g/mol. The number of methoxy groups -OCH3 is 1.